The number of phosphoric acid groups is 1. The number of hydrogen-bond donors (Lipinski definition) is 1. The van der Waals surface area contributed by atoms with Crippen molar-refractivity contribution >= 4 is 19.6 Å². The number of rotatable bonds is 7. The van der Waals surface area contributed by atoms with Crippen molar-refractivity contribution in [2.75, 3.05) is 0 Å². The molecule has 0 fully saturated rings. The normalized spacial score (nSPS) is 15.6. The molecule has 1 aliphatic rings. The summed E-state index contributed by atoms with van der Waals surface area (Å²) in [5.41, 5.74) is 6.42. The third-order valence-electron chi connectivity index (χ3n) is 3.38. The number of allylic oxidation sites excluding steroid dienone is 1. The molecule has 0 radical (unpaired) electrons. The van der Waals surface area contributed by atoms with E-state index < -0.39 is 31.8 Å². The Kier molecular flexibility index (Phi) is 5.91. The van der Waals surface area contributed by atoms with Crippen molar-refractivity contribution in [3.63, 3.8) is 0 Å². The van der Waals surface area contributed by atoms with E-state index in [9.17, 15) is 14.2 Å². The standard InChI is InChI=1S/C17H23N2O6P/c1-10(2)23-26(22,24-11(3)4)25-15(18)12(5)19-16(20)13-8-6-7-9-14(13)17(19)21/h6-11H,18H2,1-5H3/b15-12+. The molecule has 2 amide bonds. The van der Waals surface area contributed by atoms with Crippen molar-refractivity contribution < 1.29 is 27.7 Å². The Morgan fingerprint density at radius 1 is 1.00 bits per heavy atom. The lowest BCUT2D eigenvalue weighted by Crippen LogP contribution is -2.30. The highest BCUT2D eigenvalue weighted by Crippen LogP contribution is 2.53. The van der Waals surface area contributed by atoms with E-state index in [-0.39, 0.29) is 22.7 Å². The van der Waals surface area contributed by atoms with Crippen LogP contribution >= 0.6 is 7.82 Å². The molecule has 1 aromatic rings. The van der Waals surface area contributed by atoms with Crippen LogP contribution in [0.4, 0.5) is 0 Å². The molecule has 0 unspecified atom stereocenters. The van der Waals surface area contributed by atoms with Gasteiger partial charge in [-0.25, -0.2) is 9.46 Å². The molecule has 26 heavy (non-hydrogen) atoms. The summed E-state index contributed by atoms with van der Waals surface area (Å²) in [4.78, 5) is 25.9. The Morgan fingerprint density at radius 2 is 1.42 bits per heavy atom. The van der Waals surface area contributed by atoms with Crippen LogP contribution in [0.15, 0.2) is 35.8 Å². The molecule has 0 saturated heterocycles. The maximum absolute atomic E-state index is 12.8. The largest absolute Gasteiger partial charge is 0.531 e. The number of carbonyl (C=O) groups is 2. The maximum Gasteiger partial charge on any atom is 0.531 e. The summed E-state index contributed by atoms with van der Waals surface area (Å²) in [6.07, 6.45) is -0.904. The predicted octanol–water partition coefficient (Wildman–Crippen LogP) is 3.41. The number of fused-ring (bicyclic) bond motifs is 1. The maximum atomic E-state index is 12.8. The van der Waals surface area contributed by atoms with E-state index in [0.29, 0.717) is 0 Å². The van der Waals surface area contributed by atoms with Crippen LogP contribution in [-0.4, -0.2) is 28.9 Å². The van der Waals surface area contributed by atoms with Crippen LogP contribution in [0.2, 0.25) is 0 Å². The van der Waals surface area contributed by atoms with Crippen molar-refractivity contribution in [3.8, 4) is 0 Å². The first-order valence-corrected chi connectivity index (χ1v) is 9.62. The van der Waals surface area contributed by atoms with Crippen molar-refractivity contribution in [2.45, 2.75) is 46.8 Å². The Morgan fingerprint density at radius 3 is 1.81 bits per heavy atom. The summed E-state index contributed by atoms with van der Waals surface area (Å²) in [5.74, 6) is -1.44. The first kappa shape index (κ1) is 20.2. The molecule has 0 atom stereocenters. The minimum absolute atomic E-state index is 0.0103. The number of phosphoric ester groups is 1. The summed E-state index contributed by atoms with van der Waals surface area (Å²) in [5, 5.41) is 0. The average Bonchev–Trinajstić information content (AvgIpc) is 2.76. The van der Waals surface area contributed by atoms with Gasteiger partial charge in [0.25, 0.3) is 11.8 Å². The second-order valence-electron chi connectivity index (χ2n) is 6.29. The van der Waals surface area contributed by atoms with Crippen LogP contribution in [0.1, 0.15) is 55.3 Å². The molecule has 2 N–H and O–H groups in total. The summed E-state index contributed by atoms with van der Waals surface area (Å²) in [6.45, 7) is 8.08. The molecule has 0 saturated carbocycles. The van der Waals surface area contributed by atoms with Gasteiger partial charge in [0.15, 0.2) is 0 Å². The molecule has 0 bridgehead atoms. The summed E-state index contributed by atoms with van der Waals surface area (Å²) in [6, 6.07) is 6.42. The van der Waals surface area contributed by atoms with Crippen molar-refractivity contribution in [1.82, 2.24) is 4.90 Å². The number of nitrogens with two attached hydrogens (primary N) is 1. The van der Waals surface area contributed by atoms with Gasteiger partial charge in [0, 0.05) is 0 Å². The van der Waals surface area contributed by atoms with E-state index in [2.05, 4.69) is 0 Å². The Hall–Kier alpha value is -2.15. The smallest absolute Gasteiger partial charge is 0.386 e. The molecule has 142 valence electrons. The van der Waals surface area contributed by atoms with Gasteiger partial charge >= 0.3 is 7.82 Å². The zero-order valence-corrected chi connectivity index (χ0v) is 16.3. The number of nitrogens with zero attached hydrogens (tertiary/aromatic N) is 1. The van der Waals surface area contributed by atoms with E-state index in [0.717, 1.165) is 4.90 Å². The lowest BCUT2D eigenvalue weighted by atomic mass is 10.1. The van der Waals surface area contributed by atoms with Gasteiger partial charge in [-0.15, -0.1) is 0 Å². The van der Waals surface area contributed by atoms with Gasteiger partial charge < -0.3 is 10.3 Å². The molecule has 1 aliphatic heterocycles. The second kappa shape index (κ2) is 7.61. The lowest BCUT2D eigenvalue weighted by molar-refractivity contribution is 0.0671. The van der Waals surface area contributed by atoms with Crippen molar-refractivity contribution in [3.05, 3.63) is 47.0 Å². The van der Waals surface area contributed by atoms with E-state index >= 15 is 0 Å². The Balaban J connectivity index is 2.33. The molecule has 1 aromatic carbocycles. The molecule has 0 spiro atoms. The first-order valence-electron chi connectivity index (χ1n) is 8.16. The highest BCUT2D eigenvalue weighted by Gasteiger charge is 2.39. The Bertz CT molecular complexity index is 753. The predicted molar refractivity (Wildman–Crippen MR) is 95.0 cm³/mol. The van der Waals surface area contributed by atoms with Crippen LogP contribution in [-0.2, 0) is 18.1 Å². The third kappa shape index (κ3) is 4.15. The SMILES string of the molecule is C/C(=C(/N)OP(=O)(OC(C)C)OC(C)C)N1C(=O)c2ccccc2C1=O. The van der Waals surface area contributed by atoms with E-state index in [1.54, 1.807) is 52.0 Å². The zero-order chi connectivity index (χ0) is 19.6. The number of imide groups is 1. The van der Waals surface area contributed by atoms with E-state index in [4.69, 9.17) is 19.3 Å². The molecule has 1 heterocycles. The van der Waals surface area contributed by atoms with Crippen molar-refractivity contribution in [1.29, 1.82) is 0 Å². The van der Waals surface area contributed by atoms with Crippen LogP contribution in [0.3, 0.4) is 0 Å². The fourth-order valence-electron chi connectivity index (χ4n) is 2.37. The molecule has 0 aliphatic carbocycles. The number of hydrogen-bond acceptors (Lipinski definition) is 7. The molecule has 0 aromatic heterocycles. The average molecular weight is 382 g/mol. The third-order valence-corrected chi connectivity index (χ3v) is 5.16. The van der Waals surface area contributed by atoms with Crippen LogP contribution in [0.25, 0.3) is 0 Å². The molecule has 8 nitrogen and oxygen atoms in total. The van der Waals surface area contributed by atoms with Gasteiger partial charge in [-0.05, 0) is 46.8 Å². The summed E-state index contributed by atoms with van der Waals surface area (Å²) < 4.78 is 28.5. The van der Waals surface area contributed by atoms with Gasteiger partial charge in [-0.1, -0.05) is 12.1 Å². The van der Waals surface area contributed by atoms with Gasteiger partial charge in [0.1, 0.15) is 0 Å². The molecular formula is C17H23N2O6P. The molecule has 9 heteroatoms. The molecule has 2 rings (SSSR count). The topological polar surface area (TPSA) is 108 Å². The summed E-state index contributed by atoms with van der Waals surface area (Å²) >= 11 is 0. The van der Waals surface area contributed by atoms with E-state index in [1.807, 2.05) is 0 Å². The van der Waals surface area contributed by atoms with Gasteiger partial charge in [0.05, 0.1) is 29.0 Å². The molecular weight excluding hydrogens is 359 g/mol. The zero-order valence-electron chi connectivity index (χ0n) is 15.4. The van der Waals surface area contributed by atoms with Crippen LogP contribution < -0.4 is 5.73 Å². The lowest BCUT2D eigenvalue weighted by Gasteiger charge is -2.24. The number of benzene rings is 1. The van der Waals surface area contributed by atoms with Gasteiger partial charge in [-0.2, -0.15) is 0 Å². The van der Waals surface area contributed by atoms with Crippen LogP contribution in [0, 0.1) is 0 Å². The summed E-state index contributed by atoms with van der Waals surface area (Å²) in [7, 11) is -4.03. The van der Waals surface area contributed by atoms with Gasteiger partial charge in [-0.3, -0.25) is 18.6 Å². The van der Waals surface area contributed by atoms with Gasteiger partial charge in [0.2, 0.25) is 5.88 Å². The number of amides is 2. The van der Waals surface area contributed by atoms with Crippen molar-refractivity contribution in [2.24, 2.45) is 5.73 Å². The fourth-order valence-corrected chi connectivity index (χ4v) is 3.92. The number of carbonyl (C=O) groups excluding carboxylic acids is 2. The quantitative estimate of drug-likeness (QED) is 0.437. The monoisotopic (exact) mass is 382 g/mol. The Labute approximate surface area is 152 Å². The second-order valence-corrected chi connectivity index (χ2v) is 7.79. The highest BCUT2D eigenvalue weighted by molar-refractivity contribution is 7.48. The minimum Gasteiger partial charge on any atom is -0.386 e. The highest BCUT2D eigenvalue weighted by atomic mass is 31.2. The fraction of sp³-hybridized carbons (Fsp3) is 0.412. The van der Waals surface area contributed by atoms with E-state index in [1.165, 1.54) is 6.92 Å². The minimum atomic E-state index is -4.03. The first-order chi connectivity index (χ1) is 12.1. The van der Waals surface area contributed by atoms with Crippen LogP contribution in [0.5, 0.6) is 0 Å².